The second-order valence-electron chi connectivity index (χ2n) is 5.93. The monoisotopic (exact) mass is 374 g/mol. The van der Waals surface area contributed by atoms with E-state index in [0.717, 1.165) is 0 Å². The molecule has 0 aromatic heterocycles. The van der Waals surface area contributed by atoms with Crippen molar-refractivity contribution < 1.29 is 9.18 Å². The molecule has 2 aliphatic heterocycles. The predicted octanol–water partition coefficient (Wildman–Crippen LogP) is 3.60. The van der Waals surface area contributed by atoms with Gasteiger partial charge in [-0.2, -0.15) is 10.5 Å². The minimum Gasteiger partial charge on any atom is -0.384 e. The molecule has 0 radical (unpaired) electrons. The number of nitrogens with two attached hydrogens (primary N) is 1. The van der Waals surface area contributed by atoms with Gasteiger partial charge in [0, 0.05) is 10.5 Å². The first-order chi connectivity index (χ1) is 13.1. The van der Waals surface area contributed by atoms with E-state index in [1.807, 2.05) is 6.07 Å². The maximum Gasteiger partial charge on any atom is 0.265 e. The van der Waals surface area contributed by atoms with Crippen molar-refractivity contribution in [2.24, 2.45) is 5.73 Å². The summed E-state index contributed by atoms with van der Waals surface area (Å²) in [5.41, 5.74) is 6.89. The largest absolute Gasteiger partial charge is 0.384 e. The summed E-state index contributed by atoms with van der Waals surface area (Å²) in [5, 5.41) is 19.8. The van der Waals surface area contributed by atoms with E-state index in [-0.39, 0.29) is 22.5 Å². The highest BCUT2D eigenvalue weighted by molar-refractivity contribution is 8.03. The number of fused-ring (bicyclic) bond motifs is 2. The second-order valence-corrected chi connectivity index (χ2v) is 6.97. The Hall–Kier alpha value is -3.55. The standard InChI is InChI=1S/C20H11FN4OS/c21-15-7-3-1-5-11(15)17-13(9-22)18(24)25-19(26)12-6-2-4-8-16(12)27-20(25)14(17)10-23/h1-8,17H,24H2/t17-/m0/s1. The molecule has 7 heteroatoms. The number of carbonyl (C=O) groups excluding carboxylic acids is 1. The van der Waals surface area contributed by atoms with Gasteiger partial charge in [0.15, 0.2) is 0 Å². The molecule has 2 aliphatic rings. The van der Waals surface area contributed by atoms with Gasteiger partial charge in [0.05, 0.1) is 34.8 Å². The number of thioether (sulfide) groups is 1. The summed E-state index contributed by atoms with van der Waals surface area (Å²) in [7, 11) is 0. The molecule has 0 fully saturated rings. The van der Waals surface area contributed by atoms with Crippen molar-refractivity contribution in [2.75, 3.05) is 0 Å². The van der Waals surface area contributed by atoms with Gasteiger partial charge in [0.25, 0.3) is 5.91 Å². The Labute approximate surface area is 158 Å². The SMILES string of the molecule is N#CC1=C(N)N2C(=O)c3ccccc3SC2=C(C#N)[C@H]1c1ccccc1F. The third-order valence-electron chi connectivity index (χ3n) is 4.51. The Morgan fingerprint density at radius 3 is 2.41 bits per heavy atom. The number of hydrogen-bond donors (Lipinski definition) is 1. The lowest BCUT2D eigenvalue weighted by Gasteiger charge is -2.37. The van der Waals surface area contributed by atoms with Crippen LogP contribution in [-0.4, -0.2) is 10.8 Å². The molecule has 2 heterocycles. The van der Waals surface area contributed by atoms with E-state index in [1.165, 1.54) is 34.9 Å². The molecule has 0 saturated heterocycles. The van der Waals surface area contributed by atoms with Crippen molar-refractivity contribution in [1.82, 2.24) is 4.90 Å². The lowest BCUT2D eigenvalue weighted by Crippen LogP contribution is -2.40. The first kappa shape index (κ1) is 16.9. The number of benzene rings is 2. The van der Waals surface area contributed by atoms with Gasteiger partial charge < -0.3 is 5.73 Å². The Balaban J connectivity index is 2.01. The molecule has 5 nitrogen and oxygen atoms in total. The molecule has 2 aromatic carbocycles. The summed E-state index contributed by atoms with van der Waals surface area (Å²) >= 11 is 1.21. The summed E-state index contributed by atoms with van der Waals surface area (Å²) in [6, 6.07) is 16.9. The number of rotatable bonds is 1. The zero-order valence-electron chi connectivity index (χ0n) is 13.8. The van der Waals surface area contributed by atoms with E-state index in [4.69, 9.17) is 5.73 Å². The van der Waals surface area contributed by atoms with Crippen molar-refractivity contribution in [1.29, 1.82) is 10.5 Å². The Kier molecular flexibility index (Phi) is 3.95. The fraction of sp³-hybridized carbons (Fsp3) is 0.0500. The van der Waals surface area contributed by atoms with Gasteiger partial charge in [-0.05, 0) is 18.2 Å². The second kappa shape index (κ2) is 6.31. The Bertz CT molecular complexity index is 1140. The quantitative estimate of drug-likeness (QED) is 0.823. The molecule has 0 spiro atoms. The highest BCUT2D eigenvalue weighted by Crippen LogP contribution is 2.49. The van der Waals surface area contributed by atoms with Crippen molar-refractivity contribution in [3.05, 3.63) is 87.5 Å². The maximum absolute atomic E-state index is 14.5. The number of halogens is 1. The normalized spacial score (nSPS) is 18.6. The van der Waals surface area contributed by atoms with E-state index in [2.05, 4.69) is 6.07 Å². The average Bonchev–Trinajstić information content (AvgIpc) is 2.68. The molecule has 4 rings (SSSR count). The number of nitriles is 2. The van der Waals surface area contributed by atoms with Gasteiger partial charge in [0.1, 0.15) is 16.7 Å². The zero-order chi connectivity index (χ0) is 19.1. The van der Waals surface area contributed by atoms with E-state index in [0.29, 0.717) is 15.5 Å². The zero-order valence-corrected chi connectivity index (χ0v) is 14.6. The molecule has 27 heavy (non-hydrogen) atoms. The molecular weight excluding hydrogens is 363 g/mol. The van der Waals surface area contributed by atoms with Crippen molar-refractivity contribution in [2.45, 2.75) is 10.8 Å². The fourth-order valence-corrected chi connectivity index (χ4v) is 4.45. The Morgan fingerprint density at radius 1 is 1.04 bits per heavy atom. The van der Waals surface area contributed by atoms with E-state index in [1.54, 1.807) is 30.3 Å². The van der Waals surface area contributed by atoms with Gasteiger partial charge in [-0.15, -0.1) is 0 Å². The smallest absolute Gasteiger partial charge is 0.265 e. The molecule has 1 atom stereocenters. The molecule has 2 aromatic rings. The molecule has 0 unspecified atom stereocenters. The van der Waals surface area contributed by atoms with E-state index < -0.39 is 17.6 Å². The third-order valence-corrected chi connectivity index (χ3v) is 5.68. The van der Waals surface area contributed by atoms with Crippen LogP contribution in [0.5, 0.6) is 0 Å². The van der Waals surface area contributed by atoms with E-state index >= 15 is 0 Å². The number of carbonyl (C=O) groups is 1. The molecule has 0 aliphatic carbocycles. The minimum absolute atomic E-state index is 0.0197. The summed E-state index contributed by atoms with van der Waals surface area (Å²) < 4.78 is 14.5. The lowest BCUT2D eigenvalue weighted by atomic mass is 9.83. The van der Waals surface area contributed by atoms with Gasteiger partial charge in [-0.1, -0.05) is 42.1 Å². The van der Waals surface area contributed by atoms with Crippen LogP contribution in [0.2, 0.25) is 0 Å². The van der Waals surface area contributed by atoms with Crippen molar-refractivity contribution in [3.8, 4) is 12.1 Å². The number of allylic oxidation sites excluding steroid dienone is 2. The van der Waals surface area contributed by atoms with Gasteiger partial charge >= 0.3 is 0 Å². The molecule has 0 saturated carbocycles. The lowest BCUT2D eigenvalue weighted by molar-refractivity contribution is 0.0841. The van der Waals surface area contributed by atoms with Gasteiger partial charge in [0.2, 0.25) is 0 Å². The van der Waals surface area contributed by atoms with Crippen LogP contribution in [0, 0.1) is 28.5 Å². The number of hydrogen-bond acceptors (Lipinski definition) is 5. The van der Waals surface area contributed by atoms with Crippen LogP contribution in [0.15, 0.2) is 75.4 Å². The molecule has 2 N–H and O–H groups in total. The van der Waals surface area contributed by atoms with Crippen LogP contribution >= 0.6 is 11.8 Å². The van der Waals surface area contributed by atoms with Crippen molar-refractivity contribution in [3.63, 3.8) is 0 Å². The van der Waals surface area contributed by atoms with Crippen LogP contribution < -0.4 is 5.73 Å². The van der Waals surface area contributed by atoms with Crippen LogP contribution in [0.4, 0.5) is 4.39 Å². The fourth-order valence-electron chi connectivity index (χ4n) is 3.28. The summed E-state index contributed by atoms with van der Waals surface area (Å²) in [4.78, 5) is 14.8. The molecule has 0 bridgehead atoms. The molecular formula is C20H11FN4OS. The van der Waals surface area contributed by atoms with Crippen LogP contribution in [-0.2, 0) is 0 Å². The molecule has 130 valence electrons. The topological polar surface area (TPSA) is 93.9 Å². The van der Waals surface area contributed by atoms with Crippen LogP contribution in [0.3, 0.4) is 0 Å². The van der Waals surface area contributed by atoms with Crippen LogP contribution in [0.25, 0.3) is 0 Å². The predicted molar refractivity (Wildman–Crippen MR) is 97.1 cm³/mol. The third kappa shape index (κ3) is 2.41. The first-order valence-corrected chi connectivity index (χ1v) is 8.80. The number of amides is 1. The summed E-state index contributed by atoms with van der Waals surface area (Å²) in [5.74, 6) is -1.99. The van der Waals surface area contributed by atoms with Crippen LogP contribution in [0.1, 0.15) is 21.8 Å². The first-order valence-electron chi connectivity index (χ1n) is 7.98. The van der Waals surface area contributed by atoms with Crippen molar-refractivity contribution >= 4 is 17.7 Å². The summed E-state index contributed by atoms with van der Waals surface area (Å²) in [6.45, 7) is 0. The van der Waals surface area contributed by atoms with E-state index in [9.17, 15) is 19.7 Å². The average molecular weight is 374 g/mol. The highest BCUT2D eigenvalue weighted by atomic mass is 32.2. The highest BCUT2D eigenvalue weighted by Gasteiger charge is 2.42. The Morgan fingerprint density at radius 2 is 1.70 bits per heavy atom. The minimum atomic E-state index is -0.960. The maximum atomic E-state index is 14.5. The van der Waals surface area contributed by atoms with Gasteiger partial charge in [-0.25, -0.2) is 4.39 Å². The van der Waals surface area contributed by atoms with Gasteiger partial charge in [-0.3, -0.25) is 9.69 Å². The molecule has 1 amide bonds. The number of nitrogens with zero attached hydrogens (tertiary/aromatic N) is 3. The summed E-state index contributed by atoms with van der Waals surface area (Å²) in [6.07, 6.45) is 0.